The van der Waals surface area contributed by atoms with Crippen LogP contribution in [0.5, 0.6) is 0 Å². The van der Waals surface area contributed by atoms with Crippen molar-refractivity contribution in [3.05, 3.63) is 34.5 Å². The zero-order valence-corrected chi connectivity index (χ0v) is 17.7. The Hall–Kier alpha value is -1.16. The Morgan fingerprint density at radius 3 is 2.88 bits per heavy atom. The van der Waals surface area contributed by atoms with Gasteiger partial charge in [-0.15, -0.1) is 35.3 Å². The molecule has 0 aromatic carbocycles. The number of halogens is 1. The minimum absolute atomic E-state index is 0. The van der Waals surface area contributed by atoms with Crippen molar-refractivity contribution in [2.45, 2.75) is 33.7 Å². The van der Waals surface area contributed by atoms with Gasteiger partial charge in [-0.2, -0.15) is 5.10 Å². The quantitative estimate of drug-likeness (QED) is 0.360. The van der Waals surface area contributed by atoms with Crippen molar-refractivity contribution in [1.82, 2.24) is 25.4 Å². The molecule has 0 spiro atoms. The highest BCUT2D eigenvalue weighted by Gasteiger charge is 2.05. The fourth-order valence-electron chi connectivity index (χ4n) is 2.21. The van der Waals surface area contributed by atoms with Crippen molar-refractivity contribution in [2.75, 3.05) is 19.6 Å². The van der Waals surface area contributed by atoms with Gasteiger partial charge >= 0.3 is 0 Å². The van der Waals surface area contributed by atoms with Crippen LogP contribution in [0.2, 0.25) is 0 Å². The molecule has 0 saturated carbocycles. The lowest BCUT2D eigenvalue weighted by Gasteiger charge is -2.13. The zero-order chi connectivity index (χ0) is 16.5. The highest BCUT2D eigenvalue weighted by molar-refractivity contribution is 14.0. The Morgan fingerprint density at radius 2 is 2.25 bits per heavy atom. The van der Waals surface area contributed by atoms with Crippen LogP contribution in [0, 0.1) is 12.8 Å². The molecule has 8 heteroatoms. The number of hydrogen-bond donors (Lipinski definition) is 2. The first-order valence-corrected chi connectivity index (χ1v) is 8.96. The summed E-state index contributed by atoms with van der Waals surface area (Å²) in [6, 6.07) is 1.95. The second-order valence-corrected chi connectivity index (χ2v) is 6.65. The molecule has 6 nitrogen and oxygen atoms in total. The third kappa shape index (κ3) is 7.61. The Morgan fingerprint density at radius 1 is 1.42 bits per heavy atom. The molecule has 2 aromatic rings. The molecule has 1 atom stereocenters. The predicted molar refractivity (Wildman–Crippen MR) is 111 cm³/mol. The second kappa shape index (κ2) is 11.4. The summed E-state index contributed by atoms with van der Waals surface area (Å²) in [5.41, 5.74) is 1.14. The van der Waals surface area contributed by atoms with E-state index in [-0.39, 0.29) is 24.0 Å². The third-order valence-corrected chi connectivity index (χ3v) is 4.13. The Labute approximate surface area is 165 Å². The van der Waals surface area contributed by atoms with Gasteiger partial charge in [0, 0.05) is 50.4 Å². The van der Waals surface area contributed by atoms with E-state index >= 15 is 0 Å². The molecule has 0 aliphatic rings. The van der Waals surface area contributed by atoms with Crippen LogP contribution >= 0.6 is 35.3 Å². The summed E-state index contributed by atoms with van der Waals surface area (Å²) in [4.78, 5) is 9.14. The summed E-state index contributed by atoms with van der Waals surface area (Å²) in [6.07, 6.45) is 4.71. The molecule has 134 valence electrons. The van der Waals surface area contributed by atoms with Crippen LogP contribution in [0.15, 0.2) is 28.8 Å². The van der Waals surface area contributed by atoms with E-state index in [1.54, 1.807) is 11.3 Å². The molecular formula is C16H27IN6S. The highest BCUT2D eigenvalue weighted by atomic mass is 127. The number of thiazole rings is 1. The maximum atomic E-state index is 4.67. The van der Waals surface area contributed by atoms with E-state index in [2.05, 4.69) is 44.9 Å². The van der Waals surface area contributed by atoms with E-state index in [4.69, 9.17) is 0 Å². The summed E-state index contributed by atoms with van der Waals surface area (Å²) in [5.74, 6) is 1.30. The van der Waals surface area contributed by atoms with Crippen LogP contribution in [0.3, 0.4) is 0 Å². The standard InChI is InChI=1S/C16H26N6S.HI/c1-4-17-16(18-8-6-15-12-23-14(3)21-15)19-10-13(2)11-22-9-5-7-20-22;/h5,7,9,12-13H,4,6,8,10-11H2,1-3H3,(H2,17,18,19);1H. The van der Waals surface area contributed by atoms with Gasteiger partial charge in [-0.3, -0.25) is 9.67 Å². The van der Waals surface area contributed by atoms with Crippen molar-refractivity contribution < 1.29 is 0 Å². The lowest BCUT2D eigenvalue weighted by atomic mass is 10.2. The average molecular weight is 462 g/mol. The summed E-state index contributed by atoms with van der Waals surface area (Å²) in [6.45, 7) is 9.64. The molecule has 0 saturated heterocycles. The first-order chi connectivity index (χ1) is 11.2. The molecule has 2 heterocycles. The number of hydrogen-bond acceptors (Lipinski definition) is 4. The predicted octanol–water partition coefficient (Wildman–Crippen LogP) is 2.70. The van der Waals surface area contributed by atoms with Gasteiger partial charge in [0.25, 0.3) is 0 Å². The minimum Gasteiger partial charge on any atom is -0.357 e. The van der Waals surface area contributed by atoms with Crippen molar-refractivity contribution in [3.8, 4) is 0 Å². The van der Waals surface area contributed by atoms with Crippen LogP contribution in [-0.4, -0.2) is 40.4 Å². The Bertz CT molecular complexity index is 595. The molecule has 0 aliphatic heterocycles. The van der Waals surface area contributed by atoms with E-state index < -0.39 is 0 Å². The molecule has 0 fully saturated rings. The first kappa shape index (κ1) is 20.9. The van der Waals surface area contributed by atoms with Gasteiger partial charge in [0.05, 0.1) is 10.7 Å². The lowest BCUT2D eigenvalue weighted by molar-refractivity contribution is 0.458. The molecule has 24 heavy (non-hydrogen) atoms. The molecule has 2 rings (SSSR count). The number of nitrogens with zero attached hydrogens (tertiary/aromatic N) is 4. The number of nitrogens with one attached hydrogen (secondary N) is 2. The first-order valence-electron chi connectivity index (χ1n) is 8.08. The third-order valence-electron chi connectivity index (χ3n) is 3.30. The normalized spacial score (nSPS) is 12.5. The lowest BCUT2D eigenvalue weighted by Crippen LogP contribution is -2.38. The summed E-state index contributed by atoms with van der Waals surface area (Å²) < 4.78 is 1.95. The Balaban J connectivity index is 0.00000288. The number of aliphatic imine (C=N–C) groups is 1. The topological polar surface area (TPSA) is 67.1 Å². The van der Waals surface area contributed by atoms with Gasteiger partial charge < -0.3 is 10.6 Å². The maximum absolute atomic E-state index is 4.67. The summed E-state index contributed by atoms with van der Waals surface area (Å²) in [5, 5.41) is 14.1. The molecular weight excluding hydrogens is 435 g/mol. The average Bonchev–Trinajstić information content (AvgIpc) is 3.16. The summed E-state index contributed by atoms with van der Waals surface area (Å²) in [7, 11) is 0. The molecule has 0 aliphatic carbocycles. The van der Waals surface area contributed by atoms with Crippen LogP contribution in [-0.2, 0) is 13.0 Å². The molecule has 0 amide bonds. The van der Waals surface area contributed by atoms with Gasteiger partial charge in [-0.1, -0.05) is 6.92 Å². The van der Waals surface area contributed by atoms with Crippen LogP contribution < -0.4 is 10.6 Å². The van der Waals surface area contributed by atoms with Crippen molar-refractivity contribution >= 4 is 41.3 Å². The van der Waals surface area contributed by atoms with Crippen LogP contribution in [0.25, 0.3) is 0 Å². The highest BCUT2D eigenvalue weighted by Crippen LogP contribution is 2.07. The van der Waals surface area contributed by atoms with E-state index in [0.29, 0.717) is 5.92 Å². The number of guanidine groups is 1. The summed E-state index contributed by atoms with van der Waals surface area (Å²) >= 11 is 1.70. The molecule has 1 unspecified atom stereocenters. The van der Waals surface area contributed by atoms with Crippen molar-refractivity contribution in [3.63, 3.8) is 0 Å². The van der Waals surface area contributed by atoms with Gasteiger partial charge in [0.1, 0.15) is 0 Å². The smallest absolute Gasteiger partial charge is 0.191 e. The Kier molecular flexibility index (Phi) is 9.92. The second-order valence-electron chi connectivity index (χ2n) is 5.59. The fourth-order valence-corrected chi connectivity index (χ4v) is 2.85. The van der Waals surface area contributed by atoms with E-state index in [0.717, 1.165) is 49.3 Å². The maximum Gasteiger partial charge on any atom is 0.191 e. The molecule has 0 bridgehead atoms. The van der Waals surface area contributed by atoms with E-state index in [1.165, 1.54) is 0 Å². The zero-order valence-electron chi connectivity index (χ0n) is 14.5. The van der Waals surface area contributed by atoms with Crippen molar-refractivity contribution in [2.24, 2.45) is 10.9 Å². The largest absolute Gasteiger partial charge is 0.357 e. The molecule has 0 radical (unpaired) electrons. The van der Waals surface area contributed by atoms with Gasteiger partial charge in [0.2, 0.25) is 0 Å². The van der Waals surface area contributed by atoms with Gasteiger partial charge in [-0.05, 0) is 25.8 Å². The van der Waals surface area contributed by atoms with Crippen LogP contribution in [0.4, 0.5) is 0 Å². The van der Waals surface area contributed by atoms with Gasteiger partial charge in [-0.25, -0.2) is 4.98 Å². The minimum atomic E-state index is 0. The SMILES string of the molecule is CCNC(=NCC(C)Cn1cccn1)NCCc1csc(C)n1.I. The number of aryl methyl sites for hydroxylation is 1. The van der Waals surface area contributed by atoms with Crippen LogP contribution in [0.1, 0.15) is 24.5 Å². The number of aromatic nitrogens is 3. The van der Waals surface area contributed by atoms with E-state index in [9.17, 15) is 0 Å². The molecule has 2 N–H and O–H groups in total. The fraction of sp³-hybridized carbons (Fsp3) is 0.562. The molecule has 2 aromatic heterocycles. The number of rotatable bonds is 8. The van der Waals surface area contributed by atoms with E-state index in [1.807, 2.05) is 30.1 Å². The van der Waals surface area contributed by atoms with Gasteiger partial charge in [0.15, 0.2) is 5.96 Å². The van der Waals surface area contributed by atoms with Crippen molar-refractivity contribution in [1.29, 1.82) is 0 Å². The monoisotopic (exact) mass is 462 g/mol.